The van der Waals surface area contributed by atoms with Crippen molar-refractivity contribution in [2.75, 3.05) is 6.54 Å². The molecule has 7 heteroatoms. The van der Waals surface area contributed by atoms with E-state index >= 15 is 0 Å². The number of carbonyl (C=O) groups is 1. The summed E-state index contributed by atoms with van der Waals surface area (Å²) in [5.74, 6) is -0.929. The Kier molecular flexibility index (Phi) is 3.85. The minimum atomic E-state index is -3.65. The standard InChI is InChI=1S/C10H20N2O4S/c1-9(2,3)12-17(15,16)11-7-10(8(13)14)5-4-6-10/h11-12H,4-7H2,1-3H3,(H,13,14). The molecule has 0 atom stereocenters. The highest BCUT2D eigenvalue weighted by molar-refractivity contribution is 7.87. The molecule has 0 aliphatic heterocycles. The average Bonchev–Trinajstić information content (AvgIpc) is 1.95. The Morgan fingerprint density at radius 3 is 2.18 bits per heavy atom. The fraction of sp³-hybridized carbons (Fsp3) is 0.900. The minimum absolute atomic E-state index is 0.0479. The zero-order chi connectivity index (χ0) is 13.3. The summed E-state index contributed by atoms with van der Waals surface area (Å²) >= 11 is 0. The molecule has 1 fully saturated rings. The van der Waals surface area contributed by atoms with E-state index in [-0.39, 0.29) is 6.54 Å². The molecule has 1 aliphatic carbocycles. The fourth-order valence-electron chi connectivity index (χ4n) is 1.74. The predicted octanol–water partition coefficient (Wildman–Crippen LogP) is 0.464. The highest BCUT2D eigenvalue weighted by atomic mass is 32.2. The molecular weight excluding hydrogens is 244 g/mol. The van der Waals surface area contributed by atoms with Gasteiger partial charge in [-0.1, -0.05) is 6.42 Å². The monoisotopic (exact) mass is 264 g/mol. The van der Waals surface area contributed by atoms with Crippen LogP contribution >= 0.6 is 0 Å². The van der Waals surface area contributed by atoms with Gasteiger partial charge in [0, 0.05) is 12.1 Å². The number of carboxylic acids is 1. The van der Waals surface area contributed by atoms with Gasteiger partial charge in [0.25, 0.3) is 10.2 Å². The highest BCUT2D eigenvalue weighted by Crippen LogP contribution is 2.40. The van der Waals surface area contributed by atoms with E-state index < -0.39 is 27.1 Å². The predicted molar refractivity (Wildman–Crippen MR) is 63.7 cm³/mol. The van der Waals surface area contributed by atoms with E-state index in [2.05, 4.69) is 9.44 Å². The van der Waals surface area contributed by atoms with E-state index in [1.807, 2.05) is 0 Å². The van der Waals surface area contributed by atoms with Gasteiger partial charge in [0.1, 0.15) is 0 Å². The van der Waals surface area contributed by atoms with Crippen molar-refractivity contribution in [1.82, 2.24) is 9.44 Å². The van der Waals surface area contributed by atoms with E-state index in [0.717, 1.165) is 6.42 Å². The van der Waals surface area contributed by atoms with Crippen LogP contribution in [-0.4, -0.2) is 31.6 Å². The molecule has 0 radical (unpaired) electrons. The number of rotatable bonds is 5. The quantitative estimate of drug-likeness (QED) is 0.672. The normalized spacial score (nSPS) is 19.7. The summed E-state index contributed by atoms with van der Waals surface area (Å²) in [6, 6.07) is 0. The van der Waals surface area contributed by atoms with E-state index in [0.29, 0.717) is 12.8 Å². The third-order valence-electron chi connectivity index (χ3n) is 2.81. The number of carboxylic acid groups (broad SMARTS) is 1. The van der Waals surface area contributed by atoms with Crippen LogP contribution in [0.5, 0.6) is 0 Å². The fourth-order valence-corrected chi connectivity index (χ4v) is 3.09. The Hall–Kier alpha value is -0.660. The van der Waals surface area contributed by atoms with Crippen LogP contribution in [0.3, 0.4) is 0 Å². The SMILES string of the molecule is CC(C)(C)NS(=O)(=O)NCC1(C(=O)O)CCC1. The molecule has 3 N–H and O–H groups in total. The first-order chi connectivity index (χ1) is 7.56. The average molecular weight is 264 g/mol. The van der Waals surface area contributed by atoms with Crippen LogP contribution in [0, 0.1) is 5.41 Å². The molecule has 0 aromatic carbocycles. The molecule has 0 aromatic heterocycles. The molecule has 0 unspecified atom stereocenters. The molecule has 0 bridgehead atoms. The van der Waals surface area contributed by atoms with Crippen LogP contribution in [-0.2, 0) is 15.0 Å². The second kappa shape index (κ2) is 4.55. The van der Waals surface area contributed by atoms with Crippen molar-refractivity contribution in [2.24, 2.45) is 5.41 Å². The lowest BCUT2D eigenvalue weighted by atomic mass is 9.69. The van der Waals surface area contributed by atoms with Crippen LogP contribution in [0.1, 0.15) is 40.0 Å². The van der Waals surface area contributed by atoms with Crippen molar-refractivity contribution < 1.29 is 18.3 Å². The van der Waals surface area contributed by atoms with Crippen molar-refractivity contribution >= 4 is 16.2 Å². The number of nitrogens with one attached hydrogen (secondary N) is 2. The van der Waals surface area contributed by atoms with Gasteiger partial charge >= 0.3 is 5.97 Å². The summed E-state index contributed by atoms with van der Waals surface area (Å²) in [7, 11) is -3.65. The maximum absolute atomic E-state index is 11.6. The molecule has 6 nitrogen and oxygen atoms in total. The minimum Gasteiger partial charge on any atom is -0.481 e. The van der Waals surface area contributed by atoms with Crippen molar-refractivity contribution in [3.05, 3.63) is 0 Å². The Morgan fingerprint density at radius 2 is 1.88 bits per heavy atom. The van der Waals surface area contributed by atoms with Crippen molar-refractivity contribution in [3.8, 4) is 0 Å². The lowest BCUT2D eigenvalue weighted by Crippen LogP contribution is -2.53. The number of hydrogen-bond donors (Lipinski definition) is 3. The molecular formula is C10H20N2O4S. The van der Waals surface area contributed by atoms with E-state index in [9.17, 15) is 13.2 Å². The number of aliphatic carboxylic acids is 1. The first kappa shape index (κ1) is 14.4. The largest absolute Gasteiger partial charge is 0.481 e. The molecule has 0 saturated heterocycles. The van der Waals surface area contributed by atoms with Crippen molar-refractivity contribution in [2.45, 2.75) is 45.6 Å². The van der Waals surface area contributed by atoms with Gasteiger partial charge < -0.3 is 5.11 Å². The van der Waals surface area contributed by atoms with Crippen molar-refractivity contribution in [1.29, 1.82) is 0 Å². The molecule has 0 spiro atoms. The molecule has 17 heavy (non-hydrogen) atoms. The third-order valence-corrected chi connectivity index (χ3v) is 4.21. The first-order valence-corrected chi connectivity index (χ1v) is 7.07. The van der Waals surface area contributed by atoms with Gasteiger partial charge in [-0.3, -0.25) is 4.79 Å². The van der Waals surface area contributed by atoms with Crippen LogP contribution in [0.15, 0.2) is 0 Å². The lowest BCUT2D eigenvalue weighted by Gasteiger charge is -2.37. The molecule has 0 aromatic rings. The Labute approximate surface area is 102 Å². The molecule has 1 saturated carbocycles. The van der Waals surface area contributed by atoms with E-state index in [1.54, 1.807) is 20.8 Å². The molecule has 1 aliphatic rings. The second-order valence-electron chi connectivity index (χ2n) is 5.62. The van der Waals surface area contributed by atoms with Gasteiger partial charge in [-0.15, -0.1) is 0 Å². The molecule has 0 heterocycles. The Balaban J connectivity index is 2.58. The molecule has 1 rings (SSSR count). The zero-order valence-corrected chi connectivity index (χ0v) is 11.2. The van der Waals surface area contributed by atoms with Gasteiger partial charge in [0.15, 0.2) is 0 Å². The Morgan fingerprint density at radius 1 is 1.35 bits per heavy atom. The summed E-state index contributed by atoms with van der Waals surface area (Å²) in [5.41, 5.74) is -1.49. The summed E-state index contributed by atoms with van der Waals surface area (Å²) < 4.78 is 28.0. The molecule has 0 amide bonds. The van der Waals surface area contributed by atoms with E-state index in [1.165, 1.54) is 0 Å². The second-order valence-corrected chi connectivity index (χ2v) is 7.12. The zero-order valence-electron chi connectivity index (χ0n) is 10.4. The third kappa shape index (κ3) is 3.93. The van der Waals surface area contributed by atoms with Crippen LogP contribution < -0.4 is 9.44 Å². The summed E-state index contributed by atoms with van der Waals surface area (Å²) in [6.45, 7) is 5.13. The van der Waals surface area contributed by atoms with Gasteiger partial charge in [-0.2, -0.15) is 13.1 Å². The van der Waals surface area contributed by atoms with Gasteiger partial charge in [-0.05, 0) is 33.6 Å². The summed E-state index contributed by atoms with van der Waals surface area (Å²) in [4.78, 5) is 11.1. The maximum atomic E-state index is 11.6. The van der Waals surface area contributed by atoms with Gasteiger partial charge in [-0.25, -0.2) is 4.72 Å². The van der Waals surface area contributed by atoms with E-state index in [4.69, 9.17) is 5.11 Å². The van der Waals surface area contributed by atoms with Crippen molar-refractivity contribution in [3.63, 3.8) is 0 Å². The topological polar surface area (TPSA) is 95.5 Å². The highest BCUT2D eigenvalue weighted by Gasteiger charge is 2.45. The number of hydrogen-bond acceptors (Lipinski definition) is 3. The molecule has 100 valence electrons. The summed E-state index contributed by atoms with van der Waals surface area (Å²) in [6.07, 6.45) is 1.89. The van der Waals surface area contributed by atoms with Crippen LogP contribution in [0.2, 0.25) is 0 Å². The first-order valence-electron chi connectivity index (χ1n) is 5.58. The van der Waals surface area contributed by atoms with Crippen LogP contribution in [0.4, 0.5) is 0 Å². The van der Waals surface area contributed by atoms with Gasteiger partial charge in [0.2, 0.25) is 0 Å². The van der Waals surface area contributed by atoms with Gasteiger partial charge in [0.05, 0.1) is 5.41 Å². The smallest absolute Gasteiger partial charge is 0.310 e. The lowest BCUT2D eigenvalue weighted by molar-refractivity contribution is -0.153. The summed E-state index contributed by atoms with van der Waals surface area (Å²) in [5, 5.41) is 9.06. The van der Waals surface area contributed by atoms with Crippen LogP contribution in [0.25, 0.3) is 0 Å². The Bertz CT molecular complexity index is 393. The maximum Gasteiger partial charge on any atom is 0.310 e.